The predicted octanol–water partition coefficient (Wildman–Crippen LogP) is 2.66. The second kappa shape index (κ2) is 6.20. The monoisotopic (exact) mass is 336 g/mol. The number of hydrogen-bond acceptors (Lipinski definition) is 3. The molecule has 0 aliphatic carbocycles. The van der Waals surface area contributed by atoms with E-state index in [0.717, 1.165) is 25.9 Å². The van der Waals surface area contributed by atoms with Crippen LogP contribution in [0.3, 0.4) is 0 Å². The summed E-state index contributed by atoms with van der Waals surface area (Å²) in [6, 6.07) is 4.31. The van der Waals surface area contributed by atoms with Crippen LogP contribution in [0.5, 0.6) is 0 Å². The molecule has 1 aromatic rings. The molecule has 2 N–H and O–H groups in total. The van der Waals surface area contributed by atoms with Crippen molar-refractivity contribution in [1.29, 1.82) is 0 Å². The van der Waals surface area contributed by atoms with Gasteiger partial charge in [-0.3, -0.25) is 0 Å². The number of piperidine rings is 1. The van der Waals surface area contributed by atoms with Crippen molar-refractivity contribution in [2.75, 3.05) is 19.6 Å². The standard InChI is InChI=1S/C13H18Cl2N2O2S/c1-13(5-2-6-16-8-13)9-17-20(18,19)10-3-4-11(14)12(15)7-10/h3-4,7,16-17H,2,5-6,8-9H2,1H3. The van der Waals surface area contributed by atoms with E-state index < -0.39 is 10.0 Å². The lowest BCUT2D eigenvalue weighted by atomic mass is 9.83. The smallest absolute Gasteiger partial charge is 0.240 e. The highest BCUT2D eigenvalue weighted by molar-refractivity contribution is 7.89. The van der Waals surface area contributed by atoms with E-state index in [1.54, 1.807) is 0 Å². The van der Waals surface area contributed by atoms with E-state index in [9.17, 15) is 8.42 Å². The normalized spacial score (nSPS) is 23.8. The molecule has 0 radical (unpaired) electrons. The van der Waals surface area contributed by atoms with Gasteiger partial charge in [-0.05, 0) is 43.0 Å². The van der Waals surface area contributed by atoms with Crippen LogP contribution in [0.25, 0.3) is 0 Å². The summed E-state index contributed by atoms with van der Waals surface area (Å²) >= 11 is 11.7. The van der Waals surface area contributed by atoms with Crippen LogP contribution in [-0.2, 0) is 10.0 Å². The lowest BCUT2D eigenvalue weighted by Crippen LogP contribution is -2.45. The first-order valence-corrected chi connectivity index (χ1v) is 8.72. The minimum Gasteiger partial charge on any atom is -0.316 e. The minimum absolute atomic E-state index is 0.0540. The SMILES string of the molecule is CC1(CNS(=O)(=O)c2ccc(Cl)c(Cl)c2)CCCNC1. The van der Waals surface area contributed by atoms with Gasteiger partial charge >= 0.3 is 0 Å². The quantitative estimate of drug-likeness (QED) is 0.888. The van der Waals surface area contributed by atoms with Crippen molar-refractivity contribution in [2.24, 2.45) is 5.41 Å². The van der Waals surface area contributed by atoms with Crippen molar-refractivity contribution in [3.05, 3.63) is 28.2 Å². The Morgan fingerprint density at radius 1 is 1.35 bits per heavy atom. The first-order chi connectivity index (χ1) is 9.32. The van der Waals surface area contributed by atoms with Gasteiger partial charge in [0.05, 0.1) is 14.9 Å². The highest BCUT2D eigenvalue weighted by atomic mass is 35.5. The van der Waals surface area contributed by atoms with Crippen LogP contribution >= 0.6 is 23.2 Å². The number of nitrogens with one attached hydrogen (secondary N) is 2. The van der Waals surface area contributed by atoms with Crippen molar-refractivity contribution < 1.29 is 8.42 Å². The maximum Gasteiger partial charge on any atom is 0.240 e. The molecule has 0 aromatic heterocycles. The molecule has 4 nitrogen and oxygen atoms in total. The summed E-state index contributed by atoms with van der Waals surface area (Å²) in [5, 5.41) is 3.87. The Morgan fingerprint density at radius 3 is 2.70 bits per heavy atom. The molecule has 112 valence electrons. The van der Waals surface area contributed by atoms with Crippen LogP contribution < -0.4 is 10.0 Å². The molecule has 1 saturated heterocycles. The Labute approximate surface area is 129 Å². The molecule has 1 heterocycles. The second-order valence-corrected chi connectivity index (χ2v) is 8.07. The minimum atomic E-state index is -3.56. The summed E-state index contributed by atoms with van der Waals surface area (Å²) in [5.74, 6) is 0. The van der Waals surface area contributed by atoms with E-state index in [0.29, 0.717) is 11.6 Å². The molecule has 1 aliphatic rings. The summed E-state index contributed by atoms with van der Waals surface area (Å²) in [4.78, 5) is 0.138. The average Bonchev–Trinajstić information content (AvgIpc) is 2.41. The molecular weight excluding hydrogens is 319 g/mol. The van der Waals surface area contributed by atoms with Gasteiger partial charge in [0.2, 0.25) is 10.0 Å². The van der Waals surface area contributed by atoms with Crippen molar-refractivity contribution in [3.8, 4) is 0 Å². The van der Waals surface area contributed by atoms with Gasteiger partial charge in [-0.25, -0.2) is 13.1 Å². The highest BCUT2D eigenvalue weighted by Crippen LogP contribution is 2.27. The Morgan fingerprint density at radius 2 is 2.10 bits per heavy atom. The maximum absolute atomic E-state index is 12.2. The van der Waals surface area contributed by atoms with Gasteiger partial charge in [-0.2, -0.15) is 0 Å². The molecule has 1 aliphatic heterocycles. The Bertz CT molecular complexity index is 584. The van der Waals surface area contributed by atoms with Crippen LogP contribution in [0, 0.1) is 5.41 Å². The first-order valence-electron chi connectivity index (χ1n) is 6.48. The zero-order valence-electron chi connectivity index (χ0n) is 11.2. The molecule has 0 bridgehead atoms. The summed E-state index contributed by atoms with van der Waals surface area (Å²) in [6.07, 6.45) is 2.06. The van der Waals surface area contributed by atoms with Crippen molar-refractivity contribution in [3.63, 3.8) is 0 Å². The van der Waals surface area contributed by atoms with Crippen LogP contribution in [0.1, 0.15) is 19.8 Å². The van der Waals surface area contributed by atoms with Crippen LogP contribution in [0.4, 0.5) is 0 Å². The Hall–Kier alpha value is -0.330. The van der Waals surface area contributed by atoms with Crippen LogP contribution in [-0.4, -0.2) is 28.1 Å². The highest BCUT2D eigenvalue weighted by Gasteiger charge is 2.28. The number of rotatable bonds is 4. The fourth-order valence-corrected chi connectivity index (χ4v) is 3.85. The first kappa shape index (κ1) is 16.0. The third-order valence-corrected chi connectivity index (χ3v) is 5.71. The Balaban J connectivity index is 2.09. The molecule has 1 atom stereocenters. The van der Waals surface area contributed by atoms with Crippen molar-refractivity contribution in [1.82, 2.24) is 10.0 Å². The van der Waals surface area contributed by atoms with Gasteiger partial charge in [0.25, 0.3) is 0 Å². The molecule has 20 heavy (non-hydrogen) atoms. The molecule has 0 saturated carbocycles. The number of hydrogen-bond donors (Lipinski definition) is 2. The third kappa shape index (κ3) is 3.86. The molecule has 0 amide bonds. The number of sulfonamides is 1. The van der Waals surface area contributed by atoms with Gasteiger partial charge in [0.15, 0.2) is 0 Å². The third-order valence-electron chi connectivity index (χ3n) is 3.58. The van der Waals surface area contributed by atoms with Crippen molar-refractivity contribution >= 4 is 33.2 Å². The van der Waals surface area contributed by atoms with E-state index in [1.807, 2.05) is 0 Å². The van der Waals surface area contributed by atoms with Gasteiger partial charge in [0, 0.05) is 13.1 Å². The number of halogens is 2. The summed E-state index contributed by atoms with van der Waals surface area (Å²) in [6.45, 7) is 4.30. The van der Waals surface area contributed by atoms with E-state index >= 15 is 0 Å². The molecule has 1 aromatic carbocycles. The topological polar surface area (TPSA) is 58.2 Å². The fraction of sp³-hybridized carbons (Fsp3) is 0.538. The molecular formula is C13H18Cl2N2O2S. The average molecular weight is 337 g/mol. The van der Waals surface area contributed by atoms with E-state index in [1.165, 1.54) is 18.2 Å². The molecule has 1 fully saturated rings. The van der Waals surface area contributed by atoms with Gasteiger partial charge in [0.1, 0.15) is 0 Å². The molecule has 7 heteroatoms. The lowest BCUT2D eigenvalue weighted by Gasteiger charge is -2.34. The number of benzene rings is 1. The zero-order chi connectivity index (χ0) is 14.8. The van der Waals surface area contributed by atoms with E-state index in [2.05, 4.69) is 17.0 Å². The lowest BCUT2D eigenvalue weighted by molar-refractivity contribution is 0.238. The predicted molar refractivity (Wildman–Crippen MR) is 81.9 cm³/mol. The zero-order valence-corrected chi connectivity index (χ0v) is 13.6. The Kier molecular flexibility index (Phi) is 4.97. The van der Waals surface area contributed by atoms with E-state index in [4.69, 9.17) is 23.2 Å². The summed E-state index contributed by atoms with van der Waals surface area (Å²) in [7, 11) is -3.56. The maximum atomic E-state index is 12.2. The van der Waals surface area contributed by atoms with Gasteiger partial charge in [-0.15, -0.1) is 0 Å². The summed E-state index contributed by atoms with van der Waals surface area (Å²) in [5.41, 5.74) is -0.0540. The van der Waals surface area contributed by atoms with Gasteiger partial charge < -0.3 is 5.32 Å². The molecule has 2 rings (SSSR count). The summed E-state index contributed by atoms with van der Waals surface area (Å²) < 4.78 is 27.2. The molecule has 1 unspecified atom stereocenters. The molecule has 0 spiro atoms. The van der Waals surface area contributed by atoms with Crippen LogP contribution in [0.2, 0.25) is 10.0 Å². The van der Waals surface area contributed by atoms with E-state index in [-0.39, 0.29) is 15.3 Å². The van der Waals surface area contributed by atoms with Crippen LogP contribution in [0.15, 0.2) is 23.1 Å². The van der Waals surface area contributed by atoms with Gasteiger partial charge in [-0.1, -0.05) is 30.1 Å². The fourth-order valence-electron chi connectivity index (χ4n) is 2.27. The second-order valence-electron chi connectivity index (χ2n) is 5.49. The van der Waals surface area contributed by atoms with Crippen molar-refractivity contribution in [2.45, 2.75) is 24.7 Å². The largest absolute Gasteiger partial charge is 0.316 e.